The number of aliphatic hydroxyl groups is 1. The summed E-state index contributed by atoms with van der Waals surface area (Å²) in [4.78, 5) is 2.33. The van der Waals surface area contributed by atoms with Gasteiger partial charge in [-0.1, -0.05) is 19.9 Å². The Labute approximate surface area is 145 Å². The van der Waals surface area contributed by atoms with Crippen LogP contribution in [-0.2, 0) is 10.0 Å². The molecule has 6 nitrogen and oxygen atoms in total. The van der Waals surface area contributed by atoms with E-state index in [0.717, 1.165) is 5.56 Å². The van der Waals surface area contributed by atoms with E-state index in [2.05, 4.69) is 4.90 Å². The minimum Gasteiger partial charge on any atom is -0.492 e. The van der Waals surface area contributed by atoms with Gasteiger partial charge < -0.3 is 9.84 Å². The highest BCUT2D eigenvalue weighted by atomic mass is 32.2. The van der Waals surface area contributed by atoms with Crippen LogP contribution < -0.4 is 4.74 Å². The van der Waals surface area contributed by atoms with Crippen molar-refractivity contribution in [2.45, 2.75) is 31.6 Å². The number of hydrogen-bond acceptors (Lipinski definition) is 5. The Morgan fingerprint density at radius 3 is 2.42 bits per heavy atom. The fourth-order valence-corrected chi connectivity index (χ4v) is 4.42. The summed E-state index contributed by atoms with van der Waals surface area (Å²) in [5.74, 6) is 0.663. The van der Waals surface area contributed by atoms with E-state index in [1.54, 1.807) is 12.1 Å². The first-order valence-electron chi connectivity index (χ1n) is 8.50. The summed E-state index contributed by atoms with van der Waals surface area (Å²) in [6.45, 7) is 9.16. The minimum atomic E-state index is -3.59. The smallest absolute Gasteiger partial charge is 0.246 e. The van der Waals surface area contributed by atoms with Gasteiger partial charge in [-0.3, -0.25) is 4.90 Å². The number of piperazine rings is 1. The van der Waals surface area contributed by atoms with Gasteiger partial charge in [0.05, 0.1) is 13.2 Å². The highest BCUT2D eigenvalue weighted by Crippen LogP contribution is 2.31. The molecule has 136 valence electrons. The molecule has 1 saturated heterocycles. The van der Waals surface area contributed by atoms with Crippen molar-refractivity contribution in [3.63, 3.8) is 0 Å². The van der Waals surface area contributed by atoms with Crippen molar-refractivity contribution < 1.29 is 18.3 Å². The van der Waals surface area contributed by atoms with Gasteiger partial charge in [-0.05, 0) is 30.5 Å². The lowest BCUT2D eigenvalue weighted by molar-refractivity contribution is 0.151. The topological polar surface area (TPSA) is 70.1 Å². The van der Waals surface area contributed by atoms with E-state index in [4.69, 9.17) is 9.84 Å². The van der Waals surface area contributed by atoms with Gasteiger partial charge in [-0.25, -0.2) is 8.42 Å². The first-order chi connectivity index (χ1) is 11.4. The van der Waals surface area contributed by atoms with Crippen molar-refractivity contribution in [3.8, 4) is 5.75 Å². The monoisotopic (exact) mass is 356 g/mol. The summed E-state index contributed by atoms with van der Waals surface area (Å²) < 4.78 is 33.3. The number of sulfonamides is 1. The normalized spacial score (nSPS) is 17.4. The third-order valence-corrected chi connectivity index (χ3v) is 6.22. The van der Waals surface area contributed by atoms with Gasteiger partial charge in [0.25, 0.3) is 0 Å². The van der Waals surface area contributed by atoms with Crippen molar-refractivity contribution in [2.24, 2.45) is 0 Å². The lowest BCUT2D eigenvalue weighted by atomic mass is 10.0. The van der Waals surface area contributed by atoms with Crippen LogP contribution >= 0.6 is 0 Å². The van der Waals surface area contributed by atoms with Crippen LogP contribution in [0.4, 0.5) is 0 Å². The van der Waals surface area contributed by atoms with E-state index >= 15 is 0 Å². The van der Waals surface area contributed by atoms with Crippen molar-refractivity contribution in [3.05, 3.63) is 23.8 Å². The zero-order valence-electron chi connectivity index (χ0n) is 14.7. The van der Waals surface area contributed by atoms with Gasteiger partial charge in [-0.2, -0.15) is 4.31 Å². The van der Waals surface area contributed by atoms with Crippen LogP contribution in [0.3, 0.4) is 0 Å². The second kappa shape index (κ2) is 8.29. The minimum absolute atomic E-state index is 0.0949. The van der Waals surface area contributed by atoms with E-state index in [0.29, 0.717) is 45.1 Å². The molecular formula is C17H28N2O4S. The number of ether oxygens (including phenoxy) is 1. The largest absolute Gasteiger partial charge is 0.492 e. The molecular weight excluding hydrogens is 328 g/mol. The van der Waals surface area contributed by atoms with Gasteiger partial charge >= 0.3 is 0 Å². The molecule has 1 fully saturated rings. The fourth-order valence-electron chi connectivity index (χ4n) is 2.83. The fraction of sp³-hybridized carbons (Fsp3) is 0.647. The lowest BCUT2D eigenvalue weighted by Gasteiger charge is -2.33. The molecule has 1 N–H and O–H groups in total. The van der Waals surface area contributed by atoms with Crippen LogP contribution in [-0.4, -0.2) is 68.7 Å². The third-order valence-electron chi connectivity index (χ3n) is 4.30. The molecule has 1 heterocycles. The number of benzene rings is 1. The molecule has 0 bridgehead atoms. The maximum Gasteiger partial charge on any atom is 0.246 e. The van der Waals surface area contributed by atoms with Gasteiger partial charge in [0, 0.05) is 32.7 Å². The van der Waals surface area contributed by atoms with Crippen LogP contribution in [0.25, 0.3) is 0 Å². The number of aliphatic hydroxyl groups excluding tert-OH is 1. The summed E-state index contributed by atoms with van der Waals surface area (Å²) in [6.07, 6.45) is 0. The van der Waals surface area contributed by atoms with Crippen molar-refractivity contribution in [1.29, 1.82) is 0 Å². The summed E-state index contributed by atoms with van der Waals surface area (Å²) in [5.41, 5.74) is 0.982. The van der Waals surface area contributed by atoms with Gasteiger partial charge in [0.2, 0.25) is 10.0 Å². The number of nitrogens with zero attached hydrogens (tertiary/aromatic N) is 2. The Hall–Kier alpha value is -1.15. The van der Waals surface area contributed by atoms with Crippen molar-refractivity contribution in [2.75, 3.05) is 45.9 Å². The van der Waals surface area contributed by atoms with Crippen LogP contribution in [0.15, 0.2) is 23.1 Å². The van der Waals surface area contributed by atoms with E-state index in [9.17, 15) is 8.42 Å². The second-order valence-corrected chi connectivity index (χ2v) is 8.17. The molecule has 2 rings (SSSR count). The van der Waals surface area contributed by atoms with Crippen LogP contribution in [0.1, 0.15) is 32.3 Å². The molecule has 1 aromatic carbocycles. The highest BCUT2D eigenvalue weighted by molar-refractivity contribution is 7.89. The molecule has 0 amide bonds. The lowest BCUT2D eigenvalue weighted by Crippen LogP contribution is -2.49. The Balaban J connectivity index is 2.29. The zero-order chi connectivity index (χ0) is 17.7. The molecule has 0 unspecified atom stereocenters. The van der Waals surface area contributed by atoms with E-state index in [1.165, 1.54) is 4.31 Å². The van der Waals surface area contributed by atoms with Crippen LogP contribution in [0, 0.1) is 0 Å². The quantitative estimate of drug-likeness (QED) is 0.802. The maximum absolute atomic E-state index is 13.1. The molecule has 1 aromatic rings. The van der Waals surface area contributed by atoms with Gasteiger partial charge in [-0.15, -0.1) is 0 Å². The van der Waals surface area contributed by atoms with Crippen LogP contribution in [0.2, 0.25) is 0 Å². The maximum atomic E-state index is 13.1. The number of rotatable bonds is 7. The van der Waals surface area contributed by atoms with Crippen LogP contribution in [0.5, 0.6) is 5.75 Å². The molecule has 0 saturated carbocycles. The first kappa shape index (κ1) is 19.2. The zero-order valence-corrected chi connectivity index (χ0v) is 15.6. The third kappa shape index (κ3) is 4.27. The summed E-state index contributed by atoms with van der Waals surface area (Å²) in [7, 11) is -3.59. The second-order valence-electron chi connectivity index (χ2n) is 6.26. The Morgan fingerprint density at radius 1 is 1.21 bits per heavy atom. The van der Waals surface area contributed by atoms with Crippen molar-refractivity contribution >= 4 is 10.0 Å². The average molecular weight is 356 g/mol. The molecule has 1 aliphatic rings. The van der Waals surface area contributed by atoms with E-state index < -0.39 is 10.0 Å². The predicted molar refractivity (Wildman–Crippen MR) is 94.0 cm³/mol. The summed E-state index contributed by atoms with van der Waals surface area (Å²) in [5, 5.41) is 9.01. The molecule has 0 atom stereocenters. The summed E-state index contributed by atoms with van der Waals surface area (Å²) >= 11 is 0. The molecule has 0 aliphatic carbocycles. The van der Waals surface area contributed by atoms with Crippen molar-refractivity contribution in [1.82, 2.24) is 9.21 Å². The Morgan fingerprint density at radius 2 is 1.88 bits per heavy atom. The Kier molecular flexibility index (Phi) is 6.62. The molecule has 0 spiro atoms. The van der Waals surface area contributed by atoms with Gasteiger partial charge in [0.15, 0.2) is 0 Å². The Bertz CT molecular complexity index is 638. The van der Waals surface area contributed by atoms with E-state index in [1.807, 2.05) is 26.8 Å². The van der Waals surface area contributed by atoms with Gasteiger partial charge in [0.1, 0.15) is 10.6 Å². The molecule has 7 heteroatoms. The standard InChI is InChI=1S/C17H28N2O4S/c1-4-23-16-6-5-15(14(2)3)13-17(16)24(21,22)19-9-7-18(8-10-19)11-12-20/h5-6,13-14,20H,4,7-12H2,1-3H3. The average Bonchev–Trinajstić information content (AvgIpc) is 2.56. The number of β-amino-alcohol motifs (C(OH)–C–C–N with tert-alkyl or cyclic N) is 1. The summed E-state index contributed by atoms with van der Waals surface area (Å²) in [6, 6.07) is 5.42. The highest BCUT2D eigenvalue weighted by Gasteiger charge is 2.31. The number of hydrogen-bond donors (Lipinski definition) is 1. The predicted octanol–water partition coefficient (Wildman–Crippen LogP) is 1.51. The molecule has 0 aromatic heterocycles. The SMILES string of the molecule is CCOc1ccc(C(C)C)cc1S(=O)(=O)N1CCN(CCO)CC1. The molecule has 1 aliphatic heterocycles. The van der Waals surface area contributed by atoms with E-state index in [-0.39, 0.29) is 17.4 Å². The molecule has 24 heavy (non-hydrogen) atoms. The molecule has 0 radical (unpaired) electrons. The first-order valence-corrected chi connectivity index (χ1v) is 9.94.